The van der Waals surface area contributed by atoms with E-state index in [0.717, 1.165) is 28.8 Å². The largest absolute Gasteiger partial charge is 0.330 e. The van der Waals surface area contributed by atoms with Gasteiger partial charge in [-0.2, -0.15) is 0 Å². The van der Waals surface area contributed by atoms with E-state index in [4.69, 9.17) is 5.73 Å². The van der Waals surface area contributed by atoms with Crippen LogP contribution in [0.4, 0.5) is 0 Å². The van der Waals surface area contributed by atoms with E-state index in [0.29, 0.717) is 6.54 Å². The van der Waals surface area contributed by atoms with E-state index in [1.54, 1.807) is 10.7 Å². The highest BCUT2D eigenvalue weighted by atomic mass is 15.4. The minimum Gasteiger partial charge on any atom is -0.330 e. The van der Waals surface area contributed by atoms with Gasteiger partial charge in [-0.3, -0.25) is 4.98 Å². The first kappa shape index (κ1) is 10.9. The van der Waals surface area contributed by atoms with Gasteiger partial charge in [-0.1, -0.05) is 5.21 Å². The first-order valence-electron chi connectivity index (χ1n) is 5.82. The van der Waals surface area contributed by atoms with Gasteiger partial charge in [0.2, 0.25) is 0 Å². The predicted molar refractivity (Wildman–Crippen MR) is 69.0 cm³/mol. The van der Waals surface area contributed by atoms with Crippen molar-refractivity contribution in [3.8, 4) is 11.1 Å². The van der Waals surface area contributed by atoms with E-state index in [1.807, 2.05) is 24.5 Å². The molecule has 0 radical (unpaired) electrons. The second kappa shape index (κ2) is 4.54. The molecule has 2 N–H and O–H groups in total. The second-order valence-corrected chi connectivity index (χ2v) is 4.09. The summed E-state index contributed by atoms with van der Waals surface area (Å²) >= 11 is 0. The monoisotopic (exact) mass is 239 g/mol. The Morgan fingerprint density at radius 2 is 2.06 bits per heavy atom. The van der Waals surface area contributed by atoms with E-state index in [2.05, 4.69) is 27.4 Å². The van der Waals surface area contributed by atoms with Crippen LogP contribution in [0.3, 0.4) is 0 Å². The Morgan fingerprint density at radius 1 is 1.17 bits per heavy atom. The summed E-state index contributed by atoms with van der Waals surface area (Å²) in [5.74, 6) is 0. The summed E-state index contributed by atoms with van der Waals surface area (Å²) in [7, 11) is 0. The molecule has 0 unspecified atom stereocenters. The van der Waals surface area contributed by atoms with Crippen LogP contribution in [-0.4, -0.2) is 26.4 Å². The van der Waals surface area contributed by atoms with Crippen LogP contribution < -0.4 is 5.73 Å². The molecule has 18 heavy (non-hydrogen) atoms. The fourth-order valence-corrected chi connectivity index (χ4v) is 1.95. The molecule has 0 amide bonds. The molecular weight excluding hydrogens is 226 g/mol. The van der Waals surface area contributed by atoms with Crippen LogP contribution in [0.5, 0.6) is 0 Å². The maximum Gasteiger partial charge on any atom is 0.0871 e. The molecule has 0 aromatic carbocycles. The zero-order chi connectivity index (χ0) is 12.4. The van der Waals surface area contributed by atoms with Crippen molar-refractivity contribution in [2.24, 2.45) is 5.73 Å². The van der Waals surface area contributed by atoms with E-state index in [1.165, 1.54) is 0 Å². The molecule has 0 spiro atoms. The lowest BCUT2D eigenvalue weighted by atomic mass is 10.1. The topological polar surface area (TPSA) is 69.1 Å². The summed E-state index contributed by atoms with van der Waals surface area (Å²) in [6, 6.07) is 8.14. The lowest BCUT2D eigenvalue weighted by molar-refractivity contribution is 0.856. The third-order valence-electron chi connectivity index (χ3n) is 2.85. The number of pyridine rings is 2. The Kier molecular flexibility index (Phi) is 2.74. The van der Waals surface area contributed by atoms with Crippen LogP contribution >= 0.6 is 0 Å². The molecule has 0 fully saturated rings. The molecule has 0 bridgehead atoms. The molecule has 3 heterocycles. The van der Waals surface area contributed by atoms with Gasteiger partial charge in [0.15, 0.2) is 0 Å². The summed E-state index contributed by atoms with van der Waals surface area (Å²) in [5.41, 5.74) is 9.81. The Bertz CT molecular complexity index is 674. The molecular formula is C13H13N5. The van der Waals surface area contributed by atoms with Gasteiger partial charge in [0, 0.05) is 24.5 Å². The van der Waals surface area contributed by atoms with Gasteiger partial charge in [-0.15, -0.1) is 5.10 Å². The number of nitrogens with two attached hydrogens (primary N) is 1. The van der Waals surface area contributed by atoms with E-state index in [-0.39, 0.29) is 0 Å². The van der Waals surface area contributed by atoms with Crippen molar-refractivity contribution in [1.29, 1.82) is 0 Å². The van der Waals surface area contributed by atoms with Crippen molar-refractivity contribution in [3.05, 3.63) is 48.5 Å². The molecule has 0 saturated carbocycles. The highest BCUT2D eigenvalue weighted by molar-refractivity contribution is 5.68. The summed E-state index contributed by atoms with van der Waals surface area (Å²) in [4.78, 5) is 4.30. The van der Waals surface area contributed by atoms with Crippen LogP contribution in [0, 0.1) is 0 Å². The molecule has 0 aliphatic heterocycles. The Morgan fingerprint density at radius 3 is 2.94 bits per heavy atom. The first-order valence-corrected chi connectivity index (χ1v) is 5.82. The zero-order valence-corrected chi connectivity index (χ0v) is 9.82. The Labute approximate surface area is 104 Å². The molecule has 5 heteroatoms. The normalized spacial score (nSPS) is 10.9. The highest BCUT2D eigenvalue weighted by Gasteiger charge is 2.02. The second-order valence-electron chi connectivity index (χ2n) is 4.09. The van der Waals surface area contributed by atoms with Crippen molar-refractivity contribution in [1.82, 2.24) is 19.8 Å². The summed E-state index contributed by atoms with van der Waals surface area (Å²) < 4.78 is 1.74. The Hall–Kier alpha value is -2.27. The third kappa shape index (κ3) is 1.96. The number of fused-ring (bicyclic) bond motifs is 1. The number of nitrogens with zero attached hydrogens (tertiary/aromatic N) is 4. The molecule has 0 atom stereocenters. The van der Waals surface area contributed by atoms with Gasteiger partial charge in [0.05, 0.1) is 11.7 Å². The molecule has 3 aromatic rings. The summed E-state index contributed by atoms with van der Waals surface area (Å²) in [6.07, 6.45) is 6.26. The minimum atomic E-state index is 0.613. The van der Waals surface area contributed by atoms with E-state index < -0.39 is 0 Å². The van der Waals surface area contributed by atoms with E-state index >= 15 is 0 Å². The third-order valence-corrected chi connectivity index (χ3v) is 2.85. The van der Waals surface area contributed by atoms with Gasteiger partial charge in [0.25, 0.3) is 0 Å². The summed E-state index contributed by atoms with van der Waals surface area (Å²) in [5, 5.41) is 7.81. The van der Waals surface area contributed by atoms with E-state index in [9.17, 15) is 0 Å². The molecule has 0 saturated heterocycles. The van der Waals surface area contributed by atoms with Gasteiger partial charge >= 0.3 is 0 Å². The average molecular weight is 239 g/mol. The van der Waals surface area contributed by atoms with Crippen LogP contribution in [0.25, 0.3) is 16.6 Å². The standard InChI is InChI=1S/C13H13N5/c14-4-1-12-7-10(2-5-15-12)11-3-6-18-13(8-11)9-16-17-18/h2-3,5-9H,1,4,14H2. The maximum absolute atomic E-state index is 5.55. The highest BCUT2D eigenvalue weighted by Crippen LogP contribution is 2.20. The number of hydrogen-bond donors (Lipinski definition) is 1. The predicted octanol–water partition coefficient (Wildman–Crippen LogP) is 1.29. The van der Waals surface area contributed by atoms with Crippen molar-refractivity contribution in [2.75, 3.05) is 6.54 Å². The van der Waals surface area contributed by atoms with Gasteiger partial charge < -0.3 is 5.73 Å². The molecule has 0 aliphatic rings. The van der Waals surface area contributed by atoms with Crippen LogP contribution in [-0.2, 0) is 6.42 Å². The maximum atomic E-state index is 5.55. The van der Waals surface area contributed by atoms with Gasteiger partial charge in [0.1, 0.15) is 0 Å². The first-order chi connectivity index (χ1) is 8.86. The van der Waals surface area contributed by atoms with Crippen molar-refractivity contribution < 1.29 is 0 Å². The summed E-state index contributed by atoms with van der Waals surface area (Å²) in [6.45, 7) is 0.613. The quantitative estimate of drug-likeness (QED) is 0.747. The van der Waals surface area contributed by atoms with Crippen LogP contribution in [0.15, 0.2) is 42.9 Å². The SMILES string of the molecule is NCCc1cc(-c2ccn3nncc3c2)ccn1. The molecule has 3 rings (SSSR count). The lowest BCUT2D eigenvalue weighted by Crippen LogP contribution is -2.04. The fraction of sp³-hybridized carbons (Fsp3) is 0.154. The van der Waals surface area contributed by atoms with Crippen molar-refractivity contribution >= 4 is 5.52 Å². The lowest BCUT2D eigenvalue weighted by Gasteiger charge is -2.04. The molecule has 90 valence electrons. The molecule has 5 nitrogen and oxygen atoms in total. The molecule has 3 aromatic heterocycles. The Balaban J connectivity index is 2.04. The van der Waals surface area contributed by atoms with Gasteiger partial charge in [-0.25, -0.2) is 4.52 Å². The molecule has 0 aliphatic carbocycles. The number of hydrogen-bond acceptors (Lipinski definition) is 4. The number of aromatic nitrogens is 4. The minimum absolute atomic E-state index is 0.613. The van der Waals surface area contributed by atoms with Crippen molar-refractivity contribution in [2.45, 2.75) is 6.42 Å². The van der Waals surface area contributed by atoms with Gasteiger partial charge in [-0.05, 0) is 41.9 Å². The van der Waals surface area contributed by atoms with Crippen LogP contribution in [0.1, 0.15) is 5.69 Å². The number of rotatable bonds is 3. The average Bonchev–Trinajstić information content (AvgIpc) is 2.86. The van der Waals surface area contributed by atoms with Crippen LogP contribution in [0.2, 0.25) is 0 Å². The smallest absolute Gasteiger partial charge is 0.0871 e. The zero-order valence-electron chi connectivity index (χ0n) is 9.82. The van der Waals surface area contributed by atoms with Crippen molar-refractivity contribution in [3.63, 3.8) is 0 Å². The fourth-order valence-electron chi connectivity index (χ4n) is 1.95.